The normalized spacial score (nSPS) is 12.2. The van der Waals surface area contributed by atoms with Crippen LogP contribution < -0.4 is 5.32 Å². The van der Waals surface area contributed by atoms with E-state index in [-0.39, 0.29) is 17.9 Å². The van der Waals surface area contributed by atoms with Crippen molar-refractivity contribution in [2.45, 2.75) is 45.1 Å². The van der Waals surface area contributed by atoms with Crippen LogP contribution in [0.5, 0.6) is 0 Å². The second kappa shape index (κ2) is 8.67. The third-order valence-electron chi connectivity index (χ3n) is 3.18. The van der Waals surface area contributed by atoms with Gasteiger partial charge in [-0.3, -0.25) is 4.79 Å². The topological polar surface area (TPSA) is 49.3 Å². The van der Waals surface area contributed by atoms with E-state index in [1.165, 1.54) is 0 Å². The summed E-state index contributed by atoms with van der Waals surface area (Å²) in [6.07, 6.45) is 4.00. The van der Waals surface area contributed by atoms with E-state index in [0.29, 0.717) is 6.42 Å². The summed E-state index contributed by atoms with van der Waals surface area (Å²) < 4.78 is 39.2. The Labute approximate surface area is 122 Å². The van der Waals surface area contributed by atoms with Gasteiger partial charge in [-0.25, -0.2) is 13.2 Å². The zero-order valence-corrected chi connectivity index (χ0v) is 12.0. The van der Waals surface area contributed by atoms with Crippen LogP contribution in [0, 0.1) is 17.5 Å². The molecule has 118 valence electrons. The molecule has 0 saturated carbocycles. The van der Waals surface area contributed by atoms with Gasteiger partial charge in [-0.2, -0.15) is 0 Å². The number of carbonyl (C=O) groups excluding carboxylic acids is 1. The molecule has 0 aliphatic rings. The Morgan fingerprint density at radius 2 is 1.81 bits per heavy atom. The number of unbranched alkanes of at least 4 members (excludes halogenated alkanes) is 3. The molecule has 1 unspecified atom stereocenters. The second-order valence-corrected chi connectivity index (χ2v) is 4.91. The van der Waals surface area contributed by atoms with E-state index in [1.54, 1.807) is 0 Å². The molecule has 0 bridgehead atoms. The van der Waals surface area contributed by atoms with Crippen LogP contribution >= 0.6 is 0 Å². The van der Waals surface area contributed by atoms with E-state index >= 15 is 0 Å². The van der Waals surface area contributed by atoms with Crippen LogP contribution in [-0.4, -0.2) is 17.6 Å². The van der Waals surface area contributed by atoms with Crippen LogP contribution in [0.25, 0.3) is 0 Å². The molecule has 6 heteroatoms. The lowest BCUT2D eigenvalue weighted by Gasteiger charge is -2.17. The van der Waals surface area contributed by atoms with Gasteiger partial charge in [-0.15, -0.1) is 0 Å². The smallest absolute Gasteiger partial charge is 0.220 e. The SMILES string of the molecule is CCCCCCC(=O)NC(CO)c1cc(F)c(F)c(F)c1. The van der Waals surface area contributed by atoms with Crippen LogP contribution in [0.1, 0.15) is 50.6 Å². The summed E-state index contributed by atoms with van der Waals surface area (Å²) in [6.45, 7) is 1.53. The number of rotatable bonds is 8. The molecule has 0 aromatic heterocycles. The number of halogens is 3. The summed E-state index contributed by atoms with van der Waals surface area (Å²) in [4.78, 5) is 11.7. The third-order valence-corrected chi connectivity index (χ3v) is 3.18. The average molecular weight is 303 g/mol. The van der Waals surface area contributed by atoms with E-state index in [0.717, 1.165) is 31.4 Å². The number of carbonyl (C=O) groups is 1. The maximum atomic E-state index is 13.2. The third kappa shape index (κ3) is 5.38. The van der Waals surface area contributed by atoms with Crippen LogP contribution in [0.4, 0.5) is 13.2 Å². The number of hydrogen-bond donors (Lipinski definition) is 2. The van der Waals surface area contributed by atoms with Crippen LogP contribution in [0.15, 0.2) is 12.1 Å². The van der Waals surface area contributed by atoms with Gasteiger partial charge in [0.1, 0.15) is 0 Å². The second-order valence-electron chi connectivity index (χ2n) is 4.91. The van der Waals surface area contributed by atoms with Gasteiger partial charge in [0.05, 0.1) is 12.6 Å². The monoisotopic (exact) mass is 303 g/mol. The minimum Gasteiger partial charge on any atom is -0.394 e. The molecule has 21 heavy (non-hydrogen) atoms. The van der Waals surface area contributed by atoms with Crippen LogP contribution in [0.3, 0.4) is 0 Å². The fraction of sp³-hybridized carbons (Fsp3) is 0.533. The van der Waals surface area contributed by atoms with Gasteiger partial charge in [0.2, 0.25) is 5.91 Å². The van der Waals surface area contributed by atoms with E-state index in [1.807, 2.05) is 0 Å². The number of nitrogens with one attached hydrogen (secondary N) is 1. The lowest BCUT2D eigenvalue weighted by atomic mass is 10.1. The molecule has 1 amide bonds. The van der Waals surface area contributed by atoms with Crippen molar-refractivity contribution in [2.75, 3.05) is 6.61 Å². The van der Waals surface area contributed by atoms with E-state index < -0.39 is 30.1 Å². The summed E-state index contributed by atoms with van der Waals surface area (Å²) in [5.41, 5.74) is -0.00388. The number of hydrogen-bond acceptors (Lipinski definition) is 2. The highest BCUT2D eigenvalue weighted by Crippen LogP contribution is 2.19. The van der Waals surface area contributed by atoms with Crippen molar-refractivity contribution in [1.29, 1.82) is 0 Å². The summed E-state index contributed by atoms with van der Waals surface area (Å²) >= 11 is 0. The Kier molecular flexibility index (Phi) is 7.22. The first-order valence-corrected chi connectivity index (χ1v) is 7.04. The van der Waals surface area contributed by atoms with E-state index in [4.69, 9.17) is 0 Å². The standard InChI is InChI=1S/C15H20F3NO2/c1-2-3-4-5-6-14(21)19-13(9-20)10-7-11(16)15(18)12(17)8-10/h7-8,13,20H,2-6,9H2,1H3,(H,19,21). The predicted octanol–water partition coefficient (Wildman–Crippen LogP) is 3.22. The van der Waals surface area contributed by atoms with Crippen molar-refractivity contribution < 1.29 is 23.1 Å². The van der Waals surface area contributed by atoms with Crippen molar-refractivity contribution in [3.05, 3.63) is 35.1 Å². The molecule has 0 saturated heterocycles. The van der Waals surface area contributed by atoms with Crippen molar-refractivity contribution in [1.82, 2.24) is 5.32 Å². The molecule has 1 rings (SSSR count). The highest BCUT2D eigenvalue weighted by molar-refractivity contribution is 5.76. The van der Waals surface area contributed by atoms with Gasteiger partial charge in [-0.05, 0) is 24.1 Å². The van der Waals surface area contributed by atoms with E-state index in [2.05, 4.69) is 12.2 Å². The molecule has 0 spiro atoms. The average Bonchev–Trinajstić information content (AvgIpc) is 2.46. The first-order valence-electron chi connectivity index (χ1n) is 7.04. The molecule has 1 atom stereocenters. The minimum absolute atomic E-state index is 0.00388. The summed E-state index contributed by atoms with van der Waals surface area (Å²) in [5.74, 6) is -4.57. The minimum atomic E-state index is -1.57. The Morgan fingerprint density at radius 1 is 1.19 bits per heavy atom. The molecule has 0 aliphatic heterocycles. The number of amides is 1. The lowest BCUT2D eigenvalue weighted by molar-refractivity contribution is -0.122. The van der Waals surface area contributed by atoms with Gasteiger partial charge in [0.25, 0.3) is 0 Å². The van der Waals surface area contributed by atoms with E-state index in [9.17, 15) is 23.1 Å². The molecule has 0 radical (unpaired) electrons. The lowest BCUT2D eigenvalue weighted by Crippen LogP contribution is -2.30. The van der Waals surface area contributed by atoms with Gasteiger partial charge in [-0.1, -0.05) is 26.2 Å². The Morgan fingerprint density at radius 3 is 2.33 bits per heavy atom. The van der Waals surface area contributed by atoms with Gasteiger partial charge < -0.3 is 10.4 Å². The number of benzene rings is 1. The predicted molar refractivity (Wildman–Crippen MR) is 73.0 cm³/mol. The van der Waals surface area contributed by atoms with Gasteiger partial charge in [0, 0.05) is 6.42 Å². The molecule has 3 nitrogen and oxygen atoms in total. The van der Waals surface area contributed by atoms with Crippen LogP contribution in [-0.2, 0) is 4.79 Å². The number of aliphatic hydroxyl groups is 1. The quantitative estimate of drug-likeness (QED) is 0.572. The summed E-state index contributed by atoms with van der Waals surface area (Å²) in [7, 11) is 0. The molecule has 1 aromatic rings. The maximum Gasteiger partial charge on any atom is 0.220 e. The summed E-state index contributed by atoms with van der Waals surface area (Å²) in [6, 6.07) is 0.598. The molecular formula is C15H20F3NO2. The number of aliphatic hydroxyl groups excluding tert-OH is 1. The maximum absolute atomic E-state index is 13.2. The first-order chi connectivity index (χ1) is 9.99. The fourth-order valence-corrected chi connectivity index (χ4v) is 1.99. The molecule has 0 fully saturated rings. The molecule has 0 aliphatic carbocycles. The molecular weight excluding hydrogens is 283 g/mol. The van der Waals surface area contributed by atoms with Gasteiger partial charge >= 0.3 is 0 Å². The van der Waals surface area contributed by atoms with Crippen molar-refractivity contribution in [3.8, 4) is 0 Å². The van der Waals surface area contributed by atoms with Crippen molar-refractivity contribution in [3.63, 3.8) is 0 Å². The Bertz CT molecular complexity index is 457. The van der Waals surface area contributed by atoms with Crippen LogP contribution in [0.2, 0.25) is 0 Å². The molecule has 2 N–H and O–H groups in total. The Hall–Kier alpha value is -1.56. The zero-order chi connectivity index (χ0) is 15.8. The molecule has 0 heterocycles. The molecule has 1 aromatic carbocycles. The highest BCUT2D eigenvalue weighted by atomic mass is 19.2. The Balaban J connectivity index is 2.64. The zero-order valence-electron chi connectivity index (χ0n) is 12.0. The first kappa shape index (κ1) is 17.5. The van der Waals surface area contributed by atoms with Crippen molar-refractivity contribution in [2.24, 2.45) is 0 Å². The van der Waals surface area contributed by atoms with Gasteiger partial charge in [0.15, 0.2) is 17.5 Å². The largest absolute Gasteiger partial charge is 0.394 e. The fourth-order valence-electron chi connectivity index (χ4n) is 1.99. The highest BCUT2D eigenvalue weighted by Gasteiger charge is 2.18. The van der Waals surface area contributed by atoms with Crippen molar-refractivity contribution >= 4 is 5.91 Å². The summed E-state index contributed by atoms with van der Waals surface area (Å²) in [5, 5.41) is 11.7.